The Morgan fingerprint density at radius 1 is 1.30 bits per heavy atom. The zero-order valence-electron chi connectivity index (χ0n) is 11.7. The zero-order valence-corrected chi connectivity index (χ0v) is 11.7. The molecule has 2 saturated heterocycles. The van der Waals surface area contributed by atoms with Gasteiger partial charge in [-0.2, -0.15) is 0 Å². The van der Waals surface area contributed by atoms with Gasteiger partial charge in [0.15, 0.2) is 0 Å². The number of nitrogens with zero attached hydrogens (tertiary/aromatic N) is 2. The fraction of sp³-hybridized carbons (Fsp3) is 0.533. The van der Waals surface area contributed by atoms with Gasteiger partial charge in [0.05, 0.1) is 5.56 Å². The fourth-order valence-electron chi connectivity index (χ4n) is 3.38. The number of carbonyl (C=O) groups is 1. The van der Waals surface area contributed by atoms with E-state index in [9.17, 15) is 9.18 Å². The molecule has 1 aromatic carbocycles. The number of nitrogen functional groups attached to an aromatic ring is 1. The number of halogens is 1. The minimum Gasteiger partial charge on any atom is -0.398 e. The van der Waals surface area contributed by atoms with Crippen molar-refractivity contribution in [3.05, 3.63) is 29.6 Å². The van der Waals surface area contributed by atoms with Crippen molar-refractivity contribution in [1.82, 2.24) is 9.80 Å². The molecule has 2 N–H and O–H groups in total. The smallest absolute Gasteiger partial charge is 0.256 e. The van der Waals surface area contributed by atoms with Crippen molar-refractivity contribution in [2.45, 2.75) is 31.3 Å². The first-order chi connectivity index (χ1) is 9.56. The molecule has 20 heavy (non-hydrogen) atoms. The Bertz CT molecular complexity index is 534. The van der Waals surface area contributed by atoms with E-state index in [4.69, 9.17) is 5.73 Å². The van der Waals surface area contributed by atoms with Crippen molar-refractivity contribution < 1.29 is 9.18 Å². The second kappa shape index (κ2) is 5.05. The monoisotopic (exact) mass is 277 g/mol. The highest BCUT2D eigenvalue weighted by atomic mass is 19.1. The summed E-state index contributed by atoms with van der Waals surface area (Å²) < 4.78 is 13.3. The summed E-state index contributed by atoms with van der Waals surface area (Å²) in [6, 6.07) is 4.97. The van der Waals surface area contributed by atoms with E-state index in [-0.39, 0.29) is 11.5 Å². The number of hydrogen-bond acceptors (Lipinski definition) is 3. The van der Waals surface area contributed by atoms with Gasteiger partial charge in [0.25, 0.3) is 5.91 Å². The Hall–Kier alpha value is -1.62. The Morgan fingerprint density at radius 2 is 2.05 bits per heavy atom. The lowest BCUT2D eigenvalue weighted by Crippen LogP contribution is -2.40. The Morgan fingerprint density at radius 3 is 2.85 bits per heavy atom. The molecule has 3 rings (SSSR count). The van der Waals surface area contributed by atoms with E-state index in [1.54, 1.807) is 0 Å². The molecular weight excluding hydrogens is 257 g/mol. The molecule has 2 aliphatic rings. The number of likely N-dealkylation sites (N-methyl/N-ethyl adjacent to an activating group) is 1. The van der Waals surface area contributed by atoms with Gasteiger partial charge in [0.1, 0.15) is 5.82 Å². The van der Waals surface area contributed by atoms with Gasteiger partial charge in [-0.05, 0) is 44.5 Å². The quantitative estimate of drug-likeness (QED) is 0.795. The average Bonchev–Trinajstić information content (AvgIpc) is 2.65. The van der Waals surface area contributed by atoms with Crippen LogP contribution in [0.5, 0.6) is 0 Å². The maximum absolute atomic E-state index is 13.3. The summed E-state index contributed by atoms with van der Waals surface area (Å²) in [4.78, 5) is 16.8. The fourth-order valence-corrected chi connectivity index (χ4v) is 3.38. The summed E-state index contributed by atoms with van der Waals surface area (Å²) in [5.74, 6) is -0.570. The number of nitrogens with two attached hydrogens (primary N) is 1. The molecule has 2 unspecified atom stereocenters. The van der Waals surface area contributed by atoms with Crippen LogP contribution in [0.3, 0.4) is 0 Å². The van der Waals surface area contributed by atoms with Gasteiger partial charge < -0.3 is 10.6 Å². The highest BCUT2D eigenvalue weighted by Gasteiger charge is 2.36. The maximum atomic E-state index is 13.3. The topological polar surface area (TPSA) is 49.6 Å². The largest absolute Gasteiger partial charge is 0.398 e. The second-order valence-corrected chi connectivity index (χ2v) is 5.82. The third-order valence-electron chi connectivity index (χ3n) is 4.68. The molecule has 4 nitrogen and oxygen atoms in total. The van der Waals surface area contributed by atoms with Crippen LogP contribution in [0.2, 0.25) is 0 Å². The van der Waals surface area contributed by atoms with Gasteiger partial charge in [-0.3, -0.25) is 9.69 Å². The third-order valence-corrected chi connectivity index (χ3v) is 4.68. The van der Waals surface area contributed by atoms with E-state index in [2.05, 4.69) is 11.9 Å². The Labute approximate surface area is 118 Å². The van der Waals surface area contributed by atoms with E-state index in [0.29, 0.717) is 24.3 Å². The van der Waals surface area contributed by atoms with Crippen LogP contribution < -0.4 is 5.73 Å². The van der Waals surface area contributed by atoms with Crippen LogP contribution in [-0.2, 0) is 0 Å². The van der Waals surface area contributed by atoms with E-state index in [0.717, 1.165) is 19.4 Å². The van der Waals surface area contributed by atoms with Gasteiger partial charge in [-0.15, -0.1) is 0 Å². The van der Waals surface area contributed by atoms with E-state index >= 15 is 0 Å². The van der Waals surface area contributed by atoms with E-state index in [1.165, 1.54) is 24.6 Å². The normalized spacial score (nSPS) is 26.6. The summed E-state index contributed by atoms with van der Waals surface area (Å²) in [7, 11) is 2.13. The highest BCUT2D eigenvalue weighted by molar-refractivity contribution is 5.99. The van der Waals surface area contributed by atoms with Crippen LogP contribution in [0.4, 0.5) is 10.1 Å². The maximum Gasteiger partial charge on any atom is 0.256 e. The number of hydrogen-bond donors (Lipinski definition) is 1. The Kier molecular flexibility index (Phi) is 3.38. The zero-order chi connectivity index (χ0) is 14.3. The summed E-state index contributed by atoms with van der Waals surface area (Å²) in [6.45, 7) is 1.43. The van der Waals surface area contributed by atoms with E-state index < -0.39 is 5.82 Å². The first-order valence-electron chi connectivity index (χ1n) is 7.12. The number of fused-ring (bicyclic) bond motifs is 2. The molecule has 5 heteroatoms. The Balaban J connectivity index is 1.82. The van der Waals surface area contributed by atoms with Crippen molar-refractivity contribution in [2.24, 2.45) is 0 Å². The standard InChI is InChI=1S/C15H20FN3O/c1-18-11-3-4-12(18)9-19(7-6-11)15(20)13-8-10(16)2-5-14(13)17/h2,5,8,11-12H,3-4,6-7,9,17H2,1H3. The number of benzene rings is 1. The number of likely N-dealkylation sites (tertiary alicyclic amines) is 1. The first-order valence-corrected chi connectivity index (χ1v) is 7.12. The van der Waals surface area contributed by atoms with Gasteiger partial charge in [0.2, 0.25) is 0 Å². The summed E-state index contributed by atoms with van der Waals surface area (Å²) in [5, 5.41) is 0. The SMILES string of the molecule is CN1C2CCC1CN(C(=O)c1cc(F)ccc1N)CC2. The van der Waals surface area contributed by atoms with Crippen LogP contribution >= 0.6 is 0 Å². The van der Waals surface area contributed by atoms with Crippen LogP contribution in [0.25, 0.3) is 0 Å². The molecule has 108 valence electrons. The minimum absolute atomic E-state index is 0.150. The molecule has 0 aliphatic carbocycles. The summed E-state index contributed by atoms with van der Waals surface area (Å²) in [6.07, 6.45) is 3.32. The number of amides is 1. The molecule has 1 aromatic rings. The molecule has 2 heterocycles. The molecule has 0 aromatic heterocycles. The van der Waals surface area contributed by atoms with Crippen LogP contribution in [-0.4, -0.2) is 47.9 Å². The van der Waals surface area contributed by atoms with Crippen molar-refractivity contribution in [3.8, 4) is 0 Å². The predicted molar refractivity (Wildman–Crippen MR) is 75.9 cm³/mol. The summed E-state index contributed by atoms with van der Waals surface area (Å²) in [5.41, 5.74) is 6.44. The van der Waals surface area contributed by atoms with Gasteiger partial charge in [0, 0.05) is 30.9 Å². The van der Waals surface area contributed by atoms with Crippen molar-refractivity contribution in [1.29, 1.82) is 0 Å². The molecule has 1 amide bonds. The van der Waals surface area contributed by atoms with Crippen molar-refractivity contribution >= 4 is 11.6 Å². The molecular formula is C15H20FN3O. The molecule has 2 fully saturated rings. The molecule has 0 radical (unpaired) electrons. The highest BCUT2D eigenvalue weighted by Crippen LogP contribution is 2.29. The van der Waals surface area contributed by atoms with Crippen LogP contribution in [0, 0.1) is 5.82 Å². The minimum atomic E-state index is -0.420. The second-order valence-electron chi connectivity index (χ2n) is 5.82. The molecule has 0 saturated carbocycles. The molecule has 0 spiro atoms. The van der Waals surface area contributed by atoms with Gasteiger partial charge in [-0.25, -0.2) is 4.39 Å². The lowest BCUT2D eigenvalue weighted by atomic mass is 10.1. The van der Waals surface area contributed by atoms with Gasteiger partial charge in [-0.1, -0.05) is 0 Å². The average molecular weight is 277 g/mol. The van der Waals surface area contributed by atoms with Crippen LogP contribution in [0.15, 0.2) is 18.2 Å². The van der Waals surface area contributed by atoms with Crippen molar-refractivity contribution in [3.63, 3.8) is 0 Å². The molecule has 2 atom stereocenters. The van der Waals surface area contributed by atoms with Crippen molar-refractivity contribution in [2.75, 3.05) is 25.9 Å². The third kappa shape index (κ3) is 2.26. The number of carbonyl (C=O) groups excluding carboxylic acids is 1. The first kappa shape index (κ1) is 13.4. The lowest BCUT2D eigenvalue weighted by Gasteiger charge is -2.26. The predicted octanol–water partition coefficient (Wildman–Crippen LogP) is 1.72. The summed E-state index contributed by atoms with van der Waals surface area (Å²) >= 11 is 0. The number of rotatable bonds is 1. The van der Waals surface area contributed by atoms with Crippen LogP contribution in [0.1, 0.15) is 29.6 Å². The molecule has 2 aliphatic heterocycles. The lowest BCUT2D eigenvalue weighted by molar-refractivity contribution is 0.0741. The number of anilines is 1. The van der Waals surface area contributed by atoms with E-state index in [1.807, 2.05) is 4.90 Å². The molecule has 2 bridgehead atoms. The van der Waals surface area contributed by atoms with Gasteiger partial charge >= 0.3 is 0 Å².